The number of allylic oxidation sites excluding steroid dienone is 2. The van der Waals surface area contributed by atoms with Gasteiger partial charge in [0.2, 0.25) is 0 Å². The average Bonchev–Trinajstić information content (AvgIpc) is 3.68. The molecule has 270 valence electrons. The molecule has 4 aliphatic rings. The zero-order valence-electron chi connectivity index (χ0n) is 31.1. The Bertz CT molecular complexity index is 1910. The molecule has 4 aliphatic heterocycles. The number of likely N-dealkylation sites (tertiary alicyclic amines) is 2. The highest BCUT2D eigenvalue weighted by Crippen LogP contribution is 2.43. The number of benzene rings is 2. The van der Waals surface area contributed by atoms with Gasteiger partial charge in [0.05, 0.1) is 40.2 Å². The van der Waals surface area contributed by atoms with Crippen LogP contribution in [0.2, 0.25) is 5.02 Å². The van der Waals surface area contributed by atoms with Crippen LogP contribution in [0, 0.1) is 17.8 Å². The van der Waals surface area contributed by atoms with E-state index in [-0.39, 0.29) is 0 Å². The summed E-state index contributed by atoms with van der Waals surface area (Å²) in [5.74, 6) is 1.76. The van der Waals surface area contributed by atoms with Gasteiger partial charge in [-0.2, -0.15) is 0 Å². The topological polar surface area (TPSA) is 88.6 Å². The molecule has 0 aliphatic carbocycles. The first-order chi connectivity index (χ1) is 24.9. The Morgan fingerprint density at radius 3 is 1.60 bits per heavy atom. The zero-order chi connectivity index (χ0) is 36.4. The minimum atomic E-state index is 0.318. The molecule has 0 amide bonds. The lowest BCUT2D eigenvalue weighted by Gasteiger charge is -2.47. The van der Waals surface area contributed by atoms with E-state index in [9.17, 15) is 0 Å². The monoisotopic (exact) mass is 716 g/mol. The maximum absolute atomic E-state index is 7.27. The van der Waals surface area contributed by atoms with Crippen molar-refractivity contribution in [1.82, 2.24) is 40.4 Å². The van der Waals surface area contributed by atoms with E-state index in [1.807, 2.05) is 57.6 Å². The van der Waals surface area contributed by atoms with Gasteiger partial charge in [-0.25, -0.2) is 9.97 Å². The van der Waals surface area contributed by atoms with Gasteiger partial charge in [-0.05, 0) is 30.9 Å². The zero-order valence-corrected chi connectivity index (χ0v) is 31.8. The van der Waals surface area contributed by atoms with E-state index in [0.717, 1.165) is 139 Å². The molecule has 4 fully saturated rings. The Hall–Kier alpha value is -4.51. The fraction of sp³-hybridized carbons (Fsp3) is 0.415. The number of hydrogen-bond donors (Lipinski definition) is 2. The van der Waals surface area contributed by atoms with Crippen LogP contribution in [0.3, 0.4) is 0 Å². The largest absolute Gasteiger partial charge is 0.388 e. The van der Waals surface area contributed by atoms with Crippen LogP contribution in [-0.2, 0) is 13.1 Å². The Kier molecular flexibility index (Phi) is 8.75. The molecule has 11 heteroatoms. The van der Waals surface area contributed by atoms with Crippen molar-refractivity contribution in [3.8, 4) is 33.6 Å². The van der Waals surface area contributed by atoms with Crippen molar-refractivity contribution >= 4 is 23.2 Å². The van der Waals surface area contributed by atoms with Crippen molar-refractivity contribution in [2.24, 2.45) is 10.8 Å². The number of nitrogens with one attached hydrogen (secondary N) is 2. The van der Waals surface area contributed by atoms with E-state index in [1.165, 1.54) is 0 Å². The van der Waals surface area contributed by atoms with Crippen molar-refractivity contribution in [2.45, 2.75) is 32.9 Å². The van der Waals surface area contributed by atoms with Crippen LogP contribution in [0.5, 0.6) is 0 Å². The van der Waals surface area contributed by atoms with Gasteiger partial charge in [-0.3, -0.25) is 19.8 Å². The molecule has 2 spiro atoms. The second kappa shape index (κ2) is 13.2. The van der Waals surface area contributed by atoms with Crippen LogP contribution in [-0.4, -0.2) is 97.2 Å². The Labute approximate surface area is 312 Å². The highest BCUT2D eigenvalue weighted by atomic mass is 35.5. The Morgan fingerprint density at radius 1 is 0.692 bits per heavy atom. The molecule has 10 nitrogen and oxygen atoms in total. The molecule has 2 aromatic heterocycles. The van der Waals surface area contributed by atoms with Gasteiger partial charge < -0.3 is 20.4 Å². The van der Waals surface area contributed by atoms with E-state index < -0.39 is 0 Å². The minimum Gasteiger partial charge on any atom is -0.388 e. The van der Waals surface area contributed by atoms with E-state index in [4.69, 9.17) is 31.5 Å². The van der Waals surface area contributed by atoms with Gasteiger partial charge >= 0.3 is 0 Å². The summed E-state index contributed by atoms with van der Waals surface area (Å²) in [5.41, 5.74) is 11.5. The lowest BCUT2D eigenvalue weighted by molar-refractivity contribution is 0.0107. The SMILES string of the molecule is C=C1CC2(CN1)CN(Cc1ncc(-c3cccc(-c4cccc(-c5cnc(CN6CC7(CNC(=C)C7)C6)c(N(C)C)n5)c4Cl)c3C)nc1N(C)C)C2. The number of aromatic nitrogens is 4. The van der Waals surface area contributed by atoms with E-state index in [2.05, 4.69) is 69.7 Å². The van der Waals surface area contributed by atoms with E-state index in [0.29, 0.717) is 15.9 Å². The molecule has 0 saturated carbocycles. The third kappa shape index (κ3) is 6.31. The predicted octanol–water partition coefficient (Wildman–Crippen LogP) is 5.98. The smallest absolute Gasteiger partial charge is 0.151 e. The number of anilines is 2. The molecule has 4 saturated heterocycles. The molecule has 0 bridgehead atoms. The highest BCUT2D eigenvalue weighted by molar-refractivity contribution is 6.36. The minimum absolute atomic E-state index is 0.318. The molecule has 52 heavy (non-hydrogen) atoms. The second-order valence-electron chi connectivity index (χ2n) is 16.0. The first-order valence-electron chi connectivity index (χ1n) is 18.2. The van der Waals surface area contributed by atoms with Crippen LogP contribution in [0.1, 0.15) is 29.8 Å². The molecule has 8 rings (SSSR count). The second-order valence-corrected chi connectivity index (χ2v) is 16.4. The maximum atomic E-state index is 7.27. The Balaban J connectivity index is 1.04. The predicted molar refractivity (Wildman–Crippen MR) is 211 cm³/mol. The summed E-state index contributed by atoms with van der Waals surface area (Å²) in [7, 11) is 8.12. The normalized spacial score (nSPS) is 19.0. The van der Waals surface area contributed by atoms with Crippen LogP contribution in [0.4, 0.5) is 11.6 Å². The van der Waals surface area contributed by atoms with Crippen LogP contribution in [0.15, 0.2) is 73.3 Å². The summed E-state index contributed by atoms with van der Waals surface area (Å²) >= 11 is 7.27. The molecular weight excluding hydrogens is 668 g/mol. The van der Waals surface area contributed by atoms with Crippen molar-refractivity contribution in [3.63, 3.8) is 0 Å². The van der Waals surface area contributed by atoms with Gasteiger partial charge in [-0.1, -0.05) is 61.2 Å². The van der Waals surface area contributed by atoms with Crippen LogP contribution < -0.4 is 20.4 Å². The van der Waals surface area contributed by atoms with Crippen molar-refractivity contribution in [1.29, 1.82) is 0 Å². The van der Waals surface area contributed by atoms with Crippen molar-refractivity contribution < 1.29 is 0 Å². The fourth-order valence-electron chi connectivity index (χ4n) is 8.83. The van der Waals surface area contributed by atoms with E-state index in [1.54, 1.807) is 0 Å². The van der Waals surface area contributed by atoms with Gasteiger partial charge in [0.15, 0.2) is 11.6 Å². The quantitative estimate of drug-likeness (QED) is 0.216. The summed E-state index contributed by atoms with van der Waals surface area (Å²) in [6.07, 6.45) is 5.90. The molecule has 0 atom stereocenters. The summed E-state index contributed by atoms with van der Waals surface area (Å²) in [5, 5.41) is 7.52. The molecule has 0 radical (unpaired) electrons. The summed E-state index contributed by atoms with van der Waals surface area (Å²) in [6, 6.07) is 12.5. The summed E-state index contributed by atoms with van der Waals surface area (Å²) < 4.78 is 0. The molecule has 4 aromatic rings. The van der Waals surface area contributed by atoms with Gasteiger partial charge in [0, 0.05) is 119 Å². The third-order valence-electron chi connectivity index (χ3n) is 11.3. The lowest BCUT2D eigenvalue weighted by atomic mass is 9.78. The molecule has 2 aromatic carbocycles. The maximum Gasteiger partial charge on any atom is 0.151 e. The van der Waals surface area contributed by atoms with Crippen molar-refractivity contribution in [2.75, 3.05) is 77.3 Å². The first-order valence-corrected chi connectivity index (χ1v) is 18.5. The van der Waals surface area contributed by atoms with Crippen molar-refractivity contribution in [3.05, 3.63) is 95.3 Å². The van der Waals surface area contributed by atoms with Crippen LogP contribution >= 0.6 is 11.6 Å². The number of hydrogen-bond acceptors (Lipinski definition) is 10. The Morgan fingerprint density at radius 2 is 1.13 bits per heavy atom. The van der Waals surface area contributed by atoms with Gasteiger partial charge in [0.25, 0.3) is 0 Å². The van der Waals surface area contributed by atoms with Crippen LogP contribution in [0.25, 0.3) is 33.6 Å². The average molecular weight is 717 g/mol. The van der Waals surface area contributed by atoms with E-state index >= 15 is 0 Å². The number of halogens is 1. The fourth-order valence-corrected chi connectivity index (χ4v) is 9.15. The summed E-state index contributed by atoms with van der Waals surface area (Å²) in [6.45, 7) is 18.2. The summed E-state index contributed by atoms with van der Waals surface area (Å²) in [4.78, 5) is 29.3. The number of rotatable bonds is 9. The molecule has 0 unspecified atom stereocenters. The van der Waals surface area contributed by atoms with Gasteiger partial charge in [-0.15, -0.1) is 0 Å². The molecule has 2 N–H and O–H groups in total. The first kappa shape index (κ1) is 34.6. The van der Waals surface area contributed by atoms with Gasteiger partial charge in [0.1, 0.15) is 0 Å². The molecular formula is C41H49ClN10. The number of nitrogens with zero attached hydrogens (tertiary/aromatic N) is 8. The lowest BCUT2D eigenvalue weighted by Crippen LogP contribution is -2.56. The third-order valence-corrected chi connectivity index (χ3v) is 11.7. The molecule has 6 heterocycles. The highest BCUT2D eigenvalue weighted by Gasteiger charge is 2.47. The standard InChI is InChI=1S/C41H49ClN10/c1-26-14-40(20-45-26)22-51(23-40)18-35-38(49(4)5)47-33(16-43-35)30-11-8-10-29(28(30)3)31-12-9-13-32(37(31)42)34-17-44-36(39(48-34)50(6)7)19-52-24-41(25-52)15-27(2)46-21-41/h8-13,16-17,45-46H,1-2,14-15,18-25H2,3-7H3.